The first kappa shape index (κ1) is 17.9. The van der Waals surface area contributed by atoms with Gasteiger partial charge in [-0.25, -0.2) is 0 Å². The molecule has 3 N–H and O–H groups in total. The van der Waals surface area contributed by atoms with Crippen LogP contribution >= 0.6 is 0 Å². The van der Waals surface area contributed by atoms with Crippen LogP contribution in [0.15, 0.2) is 0 Å². The minimum absolute atomic E-state index is 0.0518. The Bertz CT molecular complexity index is 541. The van der Waals surface area contributed by atoms with Gasteiger partial charge in [0.1, 0.15) is 0 Å². The number of unbranched alkanes of at least 4 members (excludes halogenated alkanes) is 1. The van der Waals surface area contributed by atoms with Gasteiger partial charge in [0.2, 0.25) is 5.91 Å². The fourth-order valence-electron chi connectivity index (χ4n) is 3.41. The molecule has 6 nitrogen and oxygen atoms in total. The zero-order valence-electron chi connectivity index (χ0n) is 14.8. The summed E-state index contributed by atoms with van der Waals surface area (Å²) >= 11 is 0. The third kappa shape index (κ3) is 4.12. The van der Waals surface area contributed by atoms with Crippen molar-refractivity contribution in [3.8, 4) is 0 Å². The minimum atomic E-state index is -0.261. The molecule has 2 heterocycles. The Morgan fingerprint density at radius 1 is 1.52 bits per heavy atom. The van der Waals surface area contributed by atoms with E-state index in [1.807, 2.05) is 18.7 Å². The summed E-state index contributed by atoms with van der Waals surface area (Å²) in [5.74, 6) is 0.0859. The molecule has 6 heteroatoms. The van der Waals surface area contributed by atoms with Crippen molar-refractivity contribution in [2.24, 2.45) is 18.7 Å². The Labute approximate surface area is 138 Å². The van der Waals surface area contributed by atoms with E-state index >= 15 is 0 Å². The van der Waals surface area contributed by atoms with Gasteiger partial charge in [-0.1, -0.05) is 19.8 Å². The van der Waals surface area contributed by atoms with E-state index < -0.39 is 0 Å². The molecule has 0 spiro atoms. The van der Waals surface area contributed by atoms with Crippen LogP contribution in [0.4, 0.5) is 0 Å². The van der Waals surface area contributed by atoms with Crippen LogP contribution in [-0.2, 0) is 16.6 Å². The highest BCUT2D eigenvalue weighted by Gasteiger charge is 2.34. The van der Waals surface area contributed by atoms with Gasteiger partial charge in [0.25, 0.3) is 0 Å². The number of nitrogens with zero attached hydrogens (tertiary/aromatic N) is 2. The highest BCUT2D eigenvalue weighted by atomic mass is 16.5. The molecule has 2 rings (SSSR count). The van der Waals surface area contributed by atoms with Crippen LogP contribution in [0.3, 0.4) is 0 Å². The molecule has 3 atom stereocenters. The molecule has 1 aliphatic rings. The topological polar surface area (TPSA) is 82.2 Å². The molecule has 0 radical (unpaired) electrons. The molecule has 1 saturated heterocycles. The number of amides is 1. The van der Waals surface area contributed by atoms with Crippen molar-refractivity contribution in [1.29, 1.82) is 0 Å². The Morgan fingerprint density at radius 2 is 2.26 bits per heavy atom. The Kier molecular flexibility index (Phi) is 6.18. The predicted molar refractivity (Wildman–Crippen MR) is 90.0 cm³/mol. The van der Waals surface area contributed by atoms with E-state index in [0.29, 0.717) is 5.92 Å². The number of nitrogens with one attached hydrogen (secondary N) is 1. The number of hydrogen-bond acceptors (Lipinski definition) is 4. The van der Waals surface area contributed by atoms with Crippen LogP contribution in [0.5, 0.6) is 0 Å². The summed E-state index contributed by atoms with van der Waals surface area (Å²) in [6.45, 7) is 7.72. The van der Waals surface area contributed by atoms with Crippen molar-refractivity contribution in [2.75, 3.05) is 13.2 Å². The summed E-state index contributed by atoms with van der Waals surface area (Å²) in [7, 11) is 1.96. The third-order valence-electron chi connectivity index (χ3n) is 4.88. The van der Waals surface area contributed by atoms with E-state index in [-0.39, 0.29) is 18.1 Å². The van der Waals surface area contributed by atoms with E-state index in [2.05, 4.69) is 24.3 Å². The lowest BCUT2D eigenvalue weighted by Gasteiger charge is -2.22. The van der Waals surface area contributed by atoms with Gasteiger partial charge in [0, 0.05) is 37.4 Å². The third-order valence-corrected chi connectivity index (χ3v) is 4.88. The van der Waals surface area contributed by atoms with E-state index in [1.165, 1.54) is 5.56 Å². The second kappa shape index (κ2) is 7.93. The maximum absolute atomic E-state index is 11.6. The first-order valence-electron chi connectivity index (χ1n) is 8.60. The van der Waals surface area contributed by atoms with Crippen LogP contribution in [0.2, 0.25) is 0 Å². The molecule has 0 aromatic carbocycles. The lowest BCUT2D eigenvalue weighted by atomic mass is 9.93. The van der Waals surface area contributed by atoms with Gasteiger partial charge >= 0.3 is 0 Å². The normalized spacial score (nSPS) is 22.4. The lowest BCUT2D eigenvalue weighted by Crippen LogP contribution is -2.43. The quantitative estimate of drug-likeness (QED) is 0.764. The number of carbonyl (C=O) groups excluding carboxylic acids is 1. The average molecular weight is 322 g/mol. The van der Waals surface area contributed by atoms with Crippen molar-refractivity contribution in [3.63, 3.8) is 0 Å². The van der Waals surface area contributed by atoms with Crippen molar-refractivity contribution >= 4 is 5.91 Å². The van der Waals surface area contributed by atoms with E-state index in [9.17, 15) is 4.79 Å². The molecule has 130 valence electrons. The predicted octanol–water partition coefficient (Wildman–Crippen LogP) is 1.75. The minimum Gasteiger partial charge on any atom is -0.373 e. The van der Waals surface area contributed by atoms with Crippen LogP contribution in [0.1, 0.15) is 55.7 Å². The lowest BCUT2D eigenvalue weighted by molar-refractivity contribution is -0.120. The number of hydrogen-bond donors (Lipinski definition) is 2. The van der Waals surface area contributed by atoms with Crippen molar-refractivity contribution in [2.45, 2.75) is 58.6 Å². The second-order valence-corrected chi connectivity index (χ2v) is 6.55. The summed E-state index contributed by atoms with van der Waals surface area (Å²) < 4.78 is 7.90. The molecule has 0 unspecified atom stereocenters. The average Bonchev–Trinajstić information content (AvgIpc) is 3.04. The van der Waals surface area contributed by atoms with Crippen molar-refractivity contribution in [1.82, 2.24) is 15.1 Å². The number of aromatic nitrogens is 2. The van der Waals surface area contributed by atoms with Crippen molar-refractivity contribution < 1.29 is 9.53 Å². The zero-order chi connectivity index (χ0) is 17.0. The molecule has 1 fully saturated rings. The summed E-state index contributed by atoms with van der Waals surface area (Å²) in [5, 5.41) is 7.86. The standard InChI is InChI=1S/C17H30N4O2/c1-5-6-7-14(17(18)22)19-10-13-8-9-23-16(13)15-11(2)20-21(4)12(15)3/h13-14,16,19H,5-10H2,1-4H3,(H2,18,22)/t13-,14-,16-/m0/s1. The number of nitrogens with two attached hydrogens (primary N) is 1. The number of carbonyl (C=O) groups is 1. The number of aryl methyl sites for hydroxylation is 2. The Hall–Kier alpha value is -1.40. The van der Waals surface area contributed by atoms with Crippen molar-refractivity contribution in [3.05, 3.63) is 17.0 Å². The summed E-state index contributed by atoms with van der Waals surface area (Å²) in [6, 6.07) is -0.243. The van der Waals surface area contributed by atoms with Gasteiger partial charge in [-0.2, -0.15) is 5.10 Å². The fraction of sp³-hybridized carbons (Fsp3) is 0.765. The Balaban J connectivity index is 2.03. The Morgan fingerprint density at radius 3 is 2.83 bits per heavy atom. The van der Waals surface area contributed by atoms with Gasteiger partial charge in [-0.15, -0.1) is 0 Å². The molecule has 1 aliphatic heterocycles. The zero-order valence-corrected chi connectivity index (χ0v) is 14.8. The molecule has 0 aliphatic carbocycles. The molecule has 0 bridgehead atoms. The van der Waals surface area contributed by atoms with Crippen LogP contribution < -0.4 is 11.1 Å². The van der Waals surface area contributed by atoms with Crippen LogP contribution in [-0.4, -0.2) is 34.9 Å². The smallest absolute Gasteiger partial charge is 0.234 e. The summed E-state index contributed by atoms with van der Waals surface area (Å²) in [4.78, 5) is 11.6. The largest absolute Gasteiger partial charge is 0.373 e. The number of primary amides is 1. The summed E-state index contributed by atoms with van der Waals surface area (Å²) in [5.41, 5.74) is 8.89. The van der Waals surface area contributed by atoms with Gasteiger partial charge in [0.15, 0.2) is 0 Å². The maximum atomic E-state index is 11.6. The highest BCUT2D eigenvalue weighted by molar-refractivity contribution is 5.79. The number of rotatable bonds is 8. The number of ether oxygens (including phenoxy) is 1. The molecule has 0 saturated carbocycles. The molecule has 1 aromatic heterocycles. The highest BCUT2D eigenvalue weighted by Crippen LogP contribution is 2.37. The van der Waals surface area contributed by atoms with Crippen LogP contribution in [0.25, 0.3) is 0 Å². The van der Waals surface area contributed by atoms with E-state index in [0.717, 1.165) is 50.2 Å². The van der Waals surface area contributed by atoms with Gasteiger partial charge in [-0.3, -0.25) is 9.48 Å². The molecular formula is C17H30N4O2. The molecular weight excluding hydrogens is 292 g/mol. The SMILES string of the molecule is CCCC[C@H](NC[C@@H]1CCO[C@@H]1c1c(C)nn(C)c1C)C(N)=O. The van der Waals surface area contributed by atoms with Gasteiger partial charge in [0.05, 0.1) is 17.8 Å². The first-order valence-corrected chi connectivity index (χ1v) is 8.60. The second-order valence-electron chi connectivity index (χ2n) is 6.55. The maximum Gasteiger partial charge on any atom is 0.234 e. The van der Waals surface area contributed by atoms with E-state index in [4.69, 9.17) is 10.5 Å². The monoisotopic (exact) mass is 322 g/mol. The molecule has 1 aromatic rings. The fourth-order valence-corrected chi connectivity index (χ4v) is 3.41. The van der Waals surface area contributed by atoms with Crippen LogP contribution in [0, 0.1) is 19.8 Å². The van der Waals surface area contributed by atoms with Gasteiger partial charge < -0.3 is 15.8 Å². The molecule has 23 heavy (non-hydrogen) atoms. The van der Waals surface area contributed by atoms with Gasteiger partial charge in [-0.05, 0) is 26.7 Å². The summed E-state index contributed by atoms with van der Waals surface area (Å²) in [6.07, 6.45) is 3.91. The van der Waals surface area contributed by atoms with E-state index in [1.54, 1.807) is 0 Å². The first-order chi connectivity index (χ1) is 11.0. The molecule has 1 amide bonds.